The number of aryl methyl sites for hydroxylation is 1. The molecule has 0 aliphatic rings. The van der Waals surface area contributed by atoms with Crippen molar-refractivity contribution in [3.63, 3.8) is 0 Å². The quantitative estimate of drug-likeness (QED) is 0.175. The van der Waals surface area contributed by atoms with Crippen LogP contribution in [0.3, 0.4) is 0 Å². The standard InChI is InChI=1S/C36H40ClN3O4S/c1-5-27(3)38-36(42)34(23-29-16-8-6-9-17-29)39(24-30-18-12-13-21-32(30)37)35(41)25-40(33-22-14-15-26(2)28(33)4)45(43,44)31-19-10-7-11-20-31/h6-22,27,34H,5,23-25H2,1-4H3,(H,38,42)/t27-,34+/m1/s1. The number of benzene rings is 4. The van der Waals surface area contributed by atoms with Gasteiger partial charge in [-0.05, 0) is 73.7 Å². The molecule has 0 aliphatic carbocycles. The van der Waals surface area contributed by atoms with Crippen LogP contribution in [0.4, 0.5) is 5.69 Å². The van der Waals surface area contributed by atoms with Crippen LogP contribution >= 0.6 is 11.6 Å². The molecule has 4 rings (SSSR count). The van der Waals surface area contributed by atoms with E-state index in [9.17, 15) is 18.0 Å². The minimum Gasteiger partial charge on any atom is -0.352 e. The Labute approximate surface area is 271 Å². The summed E-state index contributed by atoms with van der Waals surface area (Å²) in [5.74, 6) is -0.853. The smallest absolute Gasteiger partial charge is 0.264 e. The van der Waals surface area contributed by atoms with Crippen LogP contribution < -0.4 is 9.62 Å². The largest absolute Gasteiger partial charge is 0.352 e. The van der Waals surface area contributed by atoms with E-state index in [2.05, 4.69) is 5.32 Å². The van der Waals surface area contributed by atoms with Crippen LogP contribution in [-0.4, -0.2) is 43.8 Å². The van der Waals surface area contributed by atoms with Gasteiger partial charge in [-0.3, -0.25) is 13.9 Å². The van der Waals surface area contributed by atoms with Gasteiger partial charge >= 0.3 is 0 Å². The van der Waals surface area contributed by atoms with Crippen molar-refractivity contribution < 1.29 is 18.0 Å². The maximum Gasteiger partial charge on any atom is 0.264 e. The summed E-state index contributed by atoms with van der Waals surface area (Å²) in [5.41, 5.74) is 3.52. The molecule has 0 saturated heterocycles. The Balaban J connectivity index is 1.84. The highest BCUT2D eigenvalue weighted by Crippen LogP contribution is 2.29. The Morgan fingerprint density at radius 1 is 0.844 bits per heavy atom. The van der Waals surface area contributed by atoms with Gasteiger partial charge < -0.3 is 10.2 Å². The third kappa shape index (κ3) is 8.32. The van der Waals surface area contributed by atoms with Crippen molar-refractivity contribution in [2.45, 2.75) is 64.1 Å². The van der Waals surface area contributed by atoms with Crippen molar-refractivity contribution in [3.05, 3.63) is 130 Å². The number of carbonyl (C=O) groups excluding carboxylic acids is 2. The minimum atomic E-state index is -4.17. The van der Waals surface area contributed by atoms with E-state index in [0.717, 1.165) is 21.0 Å². The summed E-state index contributed by atoms with van der Waals surface area (Å²) in [6.07, 6.45) is 0.937. The van der Waals surface area contributed by atoms with E-state index < -0.39 is 28.5 Å². The lowest BCUT2D eigenvalue weighted by atomic mass is 10.0. The fourth-order valence-corrected chi connectivity index (χ4v) is 6.73. The molecule has 0 spiro atoms. The third-order valence-electron chi connectivity index (χ3n) is 8.03. The number of carbonyl (C=O) groups is 2. The van der Waals surface area contributed by atoms with Gasteiger partial charge in [-0.15, -0.1) is 0 Å². The van der Waals surface area contributed by atoms with Gasteiger partial charge in [0.25, 0.3) is 10.0 Å². The number of nitrogens with zero attached hydrogens (tertiary/aromatic N) is 2. The number of sulfonamides is 1. The first-order valence-electron chi connectivity index (χ1n) is 15.0. The van der Waals surface area contributed by atoms with Crippen molar-refractivity contribution in [2.75, 3.05) is 10.8 Å². The molecule has 4 aromatic carbocycles. The van der Waals surface area contributed by atoms with E-state index in [-0.39, 0.29) is 29.8 Å². The lowest BCUT2D eigenvalue weighted by Crippen LogP contribution is -2.54. The number of hydrogen-bond acceptors (Lipinski definition) is 4. The van der Waals surface area contributed by atoms with Gasteiger partial charge in [0.2, 0.25) is 11.8 Å². The van der Waals surface area contributed by atoms with Crippen molar-refractivity contribution >= 4 is 39.1 Å². The average molecular weight is 646 g/mol. The zero-order chi connectivity index (χ0) is 32.6. The second kappa shape index (κ2) is 15.2. The molecule has 45 heavy (non-hydrogen) atoms. The zero-order valence-electron chi connectivity index (χ0n) is 26.1. The monoisotopic (exact) mass is 645 g/mol. The van der Waals surface area contributed by atoms with E-state index in [4.69, 9.17) is 11.6 Å². The summed E-state index contributed by atoms with van der Waals surface area (Å²) in [6, 6.07) is 29.0. The molecule has 2 amide bonds. The molecule has 9 heteroatoms. The average Bonchev–Trinajstić information content (AvgIpc) is 3.04. The summed E-state index contributed by atoms with van der Waals surface area (Å²) in [7, 11) is -4.17. The van der Waals surface area contributed by atoms with E-state index in [1.165, 1.54) is 17.0 Å². The van der Waals surface area contributed by atoms with E-state index in [1.54, 1.807) is 48.5 Å². The van der Waals surface area contributed by atoms with Gasteiger partial charge in [-0.25, -0.2) is 8.42 Å². The maximum absolute atomic E-state index is 14.6. The second-order valence-electron chi connectivity index (χ2n) is 11.2. The summed E-state index contributed by atoms with van der Waals surface area (Å²) < 4.78 is 29.6. The molecule has 0 unspecified atom stereocenters. The van der Waals surface area contributed by atoms with E-state index in [1.807, 2.05) is 70.2 Å². The van der Waals surface area contributed by atoms with Crippen LogP contribution in [0, 0.1) is 13.8 Å². The fraction of sp³-hybridized carbons (Fsp3) is 0.278. The SMILES string of the molecule is CC[C@@H](C)NC(=O)[C@H](Cc1ccccc1)N(Cc1ccccc1Cl)C(=O)CN(c1cccc(C)c1C)S(=O)(=O)c1ccccc1. The van der Waals surface area contributed by atoms with Crippen LogP contribution in [0.15, 0.2) is 108 Å². The summed E-state index contributed by atoms with van der Waals surface area (Å²) >= 11 is 6.57. The predicted octanol–water partition coefficient (Wildman–Crippen LogP) is 6.71. The van der Waals surface area contributed by atoms with E-state index in [0.29, 0.717) is 22.7 Å². The first kappa shape index (κ1) is 33.7. The van der Waals surface area contributed by atoms with Crippen molar-refractivity contribution in [1.82, 2.24) is 10.2 Å². The molecule has 0 fully saturated rings. The van der Waals surface area contributed by atoms with Crippen LogP contribution in [0.1, 0.15) is 42.5 Å². The predicted molar refractivity (Wildman–Crippen MR) is 181 cm³/mol. The highest BCUT2D eigenvalue weighted by atomic mass is 35.5. The molecule has 0 heterocycles. The highest BCUT2D eigenvalue weighted by molar-refractivity contribution is 7.92. The van der Waals surface area contributed by atoms with Crippen molar-refractivity contribution in [1.29, 1.82) is 0 Å². The molecule has 0 bridgehead atoms. The van der Waals surface area contributed by atoms with Gasteiger partial charge in [-0.1, -0.05) is 97.4 Å². The Morgan fingerprint density at radius 3 is 2.11 bits per heavy atom. The molecular weight excluding hydrogens is 606 g/mol. The Kier molecular flexibility index (Phi) is 11.4. The molecule has 0 radical (unpaired) electrons. The van der Waals surface area contributed by atoms with E-state index >= 15 is 0 Å². The molecule has 0 aromatic heterocycles. The molecular formula is C36H40ClN3O4S. The number of halogens is 1. The minimum absolute atomic E-state index is 0.00988. The zero-order valence-corrected chi connectivity index (χ0v) is 27.7. The molecule has 236 valence electrons. The maximum atomic E-state index is 14.6. The van der Waals surface area contributed by atoms with Crippen LogP contribution in [0.2, 0.25) is 5.02 Å². The van der Waals surface area contributed by atoms with Gasteiger partial charge in [0.15, 0.2) is 0 Å². The summed E-state index contributed by atoms with van der Waals surface area (Å²) in [4.78, 5) is 30.1. The number of rotatable bonds is 13. The number of hydrogen-bond donors (Lipinski definition) is 1. The van der Waals surface area contributed by atoms with Crippen molar-refractivity contribution in [2.24, 2.45) is 0 Å². The van der Waals surface area contributed by atoms with Gasteiger partial charge in [0, 0.05) is 24.0 Å². The lowest BCUT2D eigenvalue weighted by Gasteiger charge is -2.35. The second-order valence-corrected chi connectivity index (χ2v) is 13.4. The van der Waals surface area contributed by atoms with Crippen LogP contribution in [0.25, 0.3) is 0 Å². The molecule has 4 aromatic rings. The van der Waals surface area contributed by atoms with Gasteiger partial charge in [-0.2, -0.15) is 0 Å². The fourth-order valence-electron chi connectivity index (χ4n) is 5.04. The first-order valence-corrected chi connectivity index (χ1v) is 16.9. The molecule has 0 aliphatic heterocycles. The summed E-state index contributed by atoms with van der Waals surface area (Å²) in [5, 5.41) is 3.49. The van der Waals surface area contributed by atoms with Crippen LogP contribution in [0.5, 0.6) is 0 Å². The molecule has 0 saturated carbocycles. The van der Waals surface area contributed by atoms with Gasteiger partial charge in [0.05, 0.1) is 10.6 Å². The Morgan fingerprint density at radius 2 is 1.47 bits per heavy atom. The number of anilines is 1. The molecule has 1 N–H and O–H groups in total. The number of nitrogens with one attached hydrogen (secondary N) is 1. The lowest BCUT2D eigenvalue weighted by molar-refractivity contribution is -0.140. The Hall–Kier alpha value is -4.14. The third-order valence-corrected chi connectivity index (χ3v) is 10.2. The van der Waals surface area contributed by atoms with Gasteiger partial charge in [0.1, 0.15) is 12.6 Å². The molecule has 2 atom stereocenters. The van der Waals surface area contributed by atoms with Crippen LogP contribution in [-0.2, 0) is 32.6 Å². The topological polar surface area (TPSA) is 86.8 Å². The highest BCUT2D eigenvalue weighted by Gasteiger charge is 2.35. The van der Waals surface area contributed by atoms with Crippen molar-refractivity contribution in [3.8, 4) is 0 Å². The number of amides is 2. The molecule has 7 nitrogen and oxygen atoms in total. The first-order chi connectivity index (χ1) is 21.5. The normalized spacial score (nSPS) is 12.6. The Bertz CT molecular complexity index is 1720. The summed E-state index contributed by atoms with van der Waals surface area (Å²) in [6.45, 7) is 7.10.